The van der Waals surface area contributed by atoms with Crippen molar-refractivity contribution in [1.29, 1.82) is 0 Å². The molecule has 0 aromatic carbocycles. The fraction of sp³-hybridized carbons (Fsp3) is 0.615. The molecule has 0 radical (unpaired) electrons. The second kappa shape index (κ2) is 6.13. The summed E-state index contributed by atoms with van der Waals surface area (Å²) in [7, 11) is 3.34. The van der Waals surface area contributed by atoms with Gasteiger partial charge in [-0.3, -0.25) is 4.68 Å². The quantitative estimate of drug-likeness (QED) is 0.869. The maximum atomic E-state index is 12.3. The van der Waals surface area contributed by atoms with E-state index >= 15 is 0 Å². The van der Waals surface area contributed by atoms with E-state index in [2.05, 4.69) is 10.4 Å². The summed E-state index contributed by atoms with van der Waals surface area (Å²) in [6.45, 7) is 2.98. The van der Waals surface area contributed by atoms with Crippen LogP contribution in [0, 0.1) is 6.92 Å². The molecule has 2 amide bonds. The van der Waals surface area contributed by atoms with E-state index in [1.807, 2.05) is 0 Å². The van der Waals surface area contributed by atoms with Gasteiger partial charge in [-0.1, -0.05) is 0 Å². The predicted octanol–water partition coefficient (Wildman–Crippen LogP) is 1.07. The number of ether oxygens (including phenoxy) is 1. The van der Waals surface area contributed by atoms with E-state index in [1.54, 1.807) is 25.9 Å². The van der Waals surface area contributed by atoms with Crippen LogP contribution in [-0.4, -0.2) is 58.1 Å². The van der Waals surface area contributed by atoms with Gasteiger partial charge in [-0.15, -0.1) is 0 Å². The molecule has 0 spiro atoms. The number of carboxylic acid groups (broad SMARTS) is 1. The van der Waals surface area contributed by atoms with E-state index in [-0.39, 0.29) is 23.5 Å². The van der Waals surface area contributed by atoms with Gasteiger partial charge in [0.1, 0.15) is 0 Å². The summed E-state index contributed by atoms with van der Waals surface area (Å²) in [5.41, 5.74) is 0.693. The van der Waals surface area contributed by atoms with Crippen molar-refractivity contribution in [3.63, 3.8) is 0 Å². The standard InChI is InChI=1S/C13H20N4O4/c1-8-10(11(12(18)19)15-17(8)3)14-13(20)16(2)9-4-6-21-7-5-9/h9H,4-7H2,1-3H3,(H,14,20)(H,18,19). The summed E-state index contributed by atoms with van der Waals surface area (Å²) in [5.74, 6) is -1.16. The van der Waals surface area contributed by atoms with Gasteiger partial charge >= 0.3 is 12.0 Å². The van der Waals surface area contributed by atoms with Crippen LogP contribution in [0.15, 0.2) is 0 Å². The minimum absolute atomic E-state index is 0.101. The molecule has 0 atom stereocenters. The Balaban J connectivity index is 2.13. The molecular weight excluding hydrogens is 276 g/mol. The Morgan fingerprint density at radius 1 is 1.43 bits per heavy atom. The van der Waals surface area contributed by atoms with Crippen molar-refractivity contribution in [3.05, 3.63) is 11.4 Å². The zero-order valence-corrected chi connectivity index (χ0v) is 12.4. The molecule has 8 nitrogen and oxygen atoms in total. The molecule has 8 heteroatoms. The molecule has 21 heavy (non-hydrogen) atoms. The van der Waals surface area contributed by atoms with Gasteiger partial charge in [-0.2, -0.15) is 5.10 Å². The van der Waals surface area contributed by atoms with Crippen LogP contribution in [0.1, 0.15) is 29.0 Å². The molecule has 0 aliphatic carbocycles. The number of carbonyl (C=O) groups is 2. The second-order valence-electron chi connectivity index (χ2n) is 5.12. The Bertz CT molecular complexity index is 549. The van der Waals surface area contributed by atoms with Crippen LogP contribution >= 0.6 is 0 Å². The largest absolute Gasteiger partial charge is 0.476 e. The second-order valence-corrected chi connectivity index (χ2v) is 5.12. The number of hydrogen-bond donors (Lipinski definition) is 2. The molecule has 1 aromatic rings. The molecule has 1 fully saturated rings. The number of urea groups is 1. The van der Waals surface area contributed by atoms with Crippen LogP contribution in [-0.2, 0) is 11.8 Å². The number of hydrogen-bond acceptors (Lipinski definition) is 4. The maximum absolute atomic E-state index is 12.3. The highest BCUT2D eigenvalue weighted by molar-refractivity contribution is 5.99. The average molecular weight is 296 g/mol. The van der Waals surface area contributed by atoms with Crippen molar-refractivity contribution in [2.24, 2.45) is 7.05 Å². The van der Waals surface area contributed by atoms with E-state index in [4.69, 9.17) is 9.84 Å². The first-order chi connectivity index (χ1) is 9.91. The summed E-state index contributed by atoms with van der Waals surface area (Å²) < 4.78 is 6.71. The molecule has 1 aliphatic heterocycles. The van der Waals surface area contributed by atoms with Gasteiger partial charge in [0.25, 0.3) is 0 Å². The molecule has 116 valence electrons. The highest BCUT2D eigenvalue weighted by Gasteiger charge is 2.26. The lowest BCUT2D eigenvalue weighted by molar-refractivity contribution is 0.0544. The lowest BCUT2D eigenvalue weighted by atomic mass is 10.1. The Morgan fingerprint density at radius 2 is 2.05 bits per heavy atom. The molecule has 0 bridgehead atoms. The lowest BCUT2D eigenvalue weighted by Gasteiger charge is -2.31. The van der Waals surface area contributed by atoms with E-state index in [9.17, 15) is 9.59 Å². The molecule has 1 aliphatic rings. The number of aryl methyl sites for hydroxylation is 1. The summed E-state index contributed by atoms with van der Waals surface area (Å²) in [6, 6.07) is -0.232. The first-order valence-corrected chi connectivity index (χ1v) is 6.80. The Hall–Kier alpha value is -2.09. The van der Waals surface area contributed by atoms with Gasteiger partial charge < -0.3 is 20.1 Å². The summed E-state index contributed by atoms with van der Waals surface area (Å²) >= 11 is 0. The molecule has 1 aromatic heterocycles. The fourth-order valence-corrected chi connectivity index (χ4v) is 2.34. The number of anilines is 1. The van der Waals surface area contributed by atoms with Crippen molar-refractivity contribution in [3.8, 4) is 0 Å². The third-order valence-electron chi connectivity index (χ3n) is 3.83. The zero-order chi connectivity index (χ0) is 15.6. The molecule has 0 saturated carbocycles. The molecule has 0 unspecified atom stereocenters. The SMILES string of the molecule is Cc1c(NC(=O)N(C)C2CCOCC2)c(C(=O)O)nn1C. The van der Waals surface area contributed by atoms with Crippen LogP contribution < -0.4 is 5.32 Å². The van der Waals surface area contributed by atoms with Gasteiger partial charge in [0.15, 0.2) is 5.69 Å². The third kappa shape index (κ3) is 3.15. The normalized spacial score (nSPS) is 15.8. The summed E-state index contributed by atoms with van der Waals surface area (Å²) in [5, 5.41) is 15.7. The highest BCUT2D eigenvalue weighted by atomic mass is 16.5. The number of nitrogens with zero attached hydrogens (tertiary/aromatic N) is 3. The van der Waals surface area contributed by atoms with Crippen molar-refractivity contribution in [2.45, 2.75) is 25.8 Å². The van der Waals surface area contributed by atoms with Crippen LogP contribution in [0.3, 0.4) is 0 Å². The number of amides is 2. The average Bonchev–Trinajstić information content (AvgIpc) is 2.76. The zero-order valence-electron chi connectivity index (χ0n) is 12.4. The number of carboxylic acids is 1. The van der Waals surface area contributed by atoms with Crippen molar-refractivity contribution in [2.75, 3.05) is 25.6 Å². The fourth-order valence-electron chi connectivity index (χ4n) is 2.34. The van der Waals surface area contributed by atoms with Crippen LogP contribution in [0.5, 0.6) is 0 Å². The monoisotopic (exact) mass is 296 g/mol. The highest BCUT2D eigenvalue weighted by Crippen LogP contribution is 2.21. The van der Waals surface area contributed by atoms with Crippen molar-refractivity contribution < 1.29 is 19.4 Å². The summed E-state index contributed by atoms with van der Waals surface area (Å²) in [4.78, 5) is 25.1. The molecule has 2 rings (SSSR count). The Morgan fingerprint density at radius 3 is 2.62 bits per heavy atom. The number of nitrogens with one attached hydrogen (secondary N) is 1. The van der Waals surface area contributed by atoms with Crippen molar-refractivity contribution in [1.82, 2.24) is 14.7 Å². The van der Waals surface area contributed by atoms with Gasteiger partial charge in [-0.05, 0) is 19.8 Å². The maximum Gasteiger partial charge on any atom is 0.358 e. The van der Waals surface area contributed by atoms with Crippen LogP contribution in [0.4, 0.5) is 10.5 Å². The number of carbonyl (C=O) groups excluding carboxylic acids is 1. The third-order valence-corrected chi connectivity index (χ3v) is 3.83. The molecular formula is C13H20N4O4. The number of aromatic nitrogens is 2. The first kappa shape index (κ1) is 15.3. The van der Waals surface area contributed by atoms with Gasteiger partial charge in [0.2, 0.25) is 0 Å². The summed E-state index contributed by atoms with van der Waals surface area (Å²) in [6.07, 6.45) is 1.56. The van der Waals surface area contributed by atoms with Crippen molar-refractivity contribution >= 4 is 17.7 Å². The minimum atomic E-state index is -1.16. The van der Waals surface area contributed by atoms with E-state index in [1.165, 1.54) is 4.68 Å². The predicted molar refractivity (Wildman–Crippen MR) is 75.5 cm³/mol. The van der Waals surface area contributed by atoms with Gasteiger partial charge in [0, 0.05) is 33.4 Å². The number of rotatable bonds is 3. The van der Waals surface area contributed by atoms with Crippen LogP contribution in [0.25, 0.3) is 0 Å². The van der Waals surface area contributed by atoms with Gasteiger partial charge in [0.05, 0.1) is 11.4 Å². The first-order valence-electron chi connectivity index (χ1n) is 6.80. The van der Waals surface area contributed by atoms with E-state index in [0.717, 1.165) is 12.8 Å². The molecule has 2 N–H and O–H groups in total. The smallest absolute Gasteiger partial charge is 0.358 e. The topological polar surface area (TPSA) is 96.7 Å². The minimum Gasteiger partial charge on any atom is -0.476 e. The Kier molecular flexibility index (Phi) is 4.46. The molecule has 1 saturated heterocycles. The van der Waals surface area contributed by atoms with E-state index < -0.39 is 5.97 Å². The Labute approximate surface area is 122 Å². The number of aromatic carboxylic acids is 1. The van der Waals surface area contributed by atoms with E-state index in [0.29, 0.717) is 18.9 Å². The van der Waals surface area contributed by atoms with Gasteiger partial charge in [-0.25, -0.2) is 9.59 Å². The molecule has 2 heterocycles. The van der Waals surface area contributed by atoms with Crippen LogP contribution in [0.2, 0.25) is 0 Å². The lowest BCUT2D eigenvalue weighted by Crippen LogP contribution is -2.43.